The second-order valence-electron chi connectivity index (χ2n) is 4.58. The molecule has 0 radical (unpaired) electrons. The fourth-order valence-electron chi connectivity index (χ4n) is 2.36. The molecule has 1 aliphatic heterocycles. The van der Waals surface area contributed by atoms with Gasteiger partial charge in [0.1, 0.15) is 18.2 Å². The SMILES string of the molecule is Cc1ccc(F)c([C@@H](CF)N2CCNCC2)c1O. The average molecular weight is 256 g/mol. The number of halogens is 2. The van der Waals surface area contributed by atoms with Crippen LogP contribution in [0.1, 0.15) is 17.2 Å². The van der Waals surface area contributed by atoms with Crippen LogP contribution in [0.5, 0.6) is 5.75 Å². The van der Waals surface area contributed by atoms with Crippen molar-refractivity contribution in [2.75, 3.05) is 32.9 Å². The number of phenolic OH excluding ortho intramolecular Hbond substituents is 1. The summed E-state index contributed by atoms with van der Waals surface area (Å²) < 4.78 is 27.1. The summed E-state index contributed by atoms with van der Waals surface area (Å²) in [5, 5.41) is 13.1. The van der Waals surface area contributed by atoms with E-state index in [9.17, 15) is 13.9 Å². The molecule has 1 aliphatic rings. The van der Waals surface area contributed by atoms with Crippen LogP contribution in [0, 0.1) is 12.7 Å². The summed E-state index contributed by atoms with van der Waals surface area (Å²) in [5.74, 6) is -0.671. The van der Waals surface area contributed by atoms with E-state index in [0.717, 1.165) is 13.1 Å². The molecule has 3 nitrogen and oxygen atoms in total. The van der Waals surface area contributed by atoms with Crippen molar-refractivity contribution in [1.82, 2.24) is 10.2 Å². The second-order valence-corrected chi connectivity index (χ2v) is 4.58. The van der Waals surface area contributed by atoms with Gasteiger partial charge in [0.05, 0.1) is 6.04 Å². The third-order valence-corrected chi connectivity index (χ3v) is 3.44. The molecule has 2 N–H and O–H groups in total. The van der Waals surface area contributed by atoms with E-state index in [2.05, 4.69) is 5.32 Å². The van der Waals surface area contributed by atoms with Gasteiger partial charge in [0.15, 0.2) is 0 Å². The Morgan fingerprint density at radius 3 is 2.67 bits per heavy atom. The third-order valence-electron chi connectivity index (χ3n) is 3.44. The van der Waals surface area contributed by atoms with Crippen LogP contribution < -0.4 is 5.32 Å². The van der Waals surface area contributed by atoms with Crippen LogP contribution >= 0.6 is 0 Å². The van der Waals surface area contributed by atoms with Crippen molar-refractivity contribution in [2.45, 2.75) is 13.0 Å². The maximum Gasteiger partial charge on any atom is 0.131 e. The van der Waals surface area contributed by atoms with Crippen LogP contribution in [0.25, 0.3) is 0 Å². The Morgan fingerprint density at radius 2 is 2.06 bits per heavy atom. The summed E-state index contributed by atoms with van der Waals surface area (Å²) in [6.07, 6.45) is 0. The summed E-state index contributed by atoms with van der Waals surface area (Å²) in [7, 11) is 0. The van der Waals surface area contributed by atoms with E-state index in [0.29, 0.717) is 18.7 Å². The van der Waals surface area contributed by atoms with Gasteiger partial charge in [-0.2, -0.15) is 0 Å². The molecule has 1 atom stereocenters. The Hall–Kier alpha value is -1.20. The van der Waals surface area contributed by atoms with Gasteiger partial charge >= 0.3 is 0 Å². The molecular weight excluding hydrogens is 238 g/mol. The van der Waals surface area contributed by atoms with Crippen molar-refractivity contribution in [2.24, 2.45) is 0 Å². The van der Waals surface area contributed by atoms with E-state index in [4.69, 9.17) is 0 Å². The minimum absolute atomic E-state index is 0.0828. The third kappa shape index (κ3) is 2.47. The van der Waals surface area contributed by atoms with E-state index in [-0.39, 0.29) is 11.3 Å². The summed E-state index contributed by atoms with van der Waals surface area (Å²) in [6.45, 7) is 3.80. The zero-order chi connectivity index (χ0) is 13.1. The predicted molar refractivity (Wildman–Crippen MR) is 66.0 cm³/mol. The van der Waals surface area contributed by atoms with Crippen molar-refractivity contribution < 1.29 is 13.9 Å². The number of aromatic hydroxyl groups is 1. The van der Waals surface area contributed by atoms with Gasteiger partial charge in [-0.15, -0.1) is 0 Å². The van der Waals surface area contributed by atoms with Gasteiger partial charge in [0.25, 0.3) is 0 Å². The molecule has 1 aromatic carbocycles. The normalized spacial score (nSPS) is 18.8. The number of phenols is 1. The van der Waals surface area contributed by atoms with E-state index in [1.54, 1.807) is 6.92 Å². The largest absolute Gasteiger partial charge is 0.507 e. The van der Waals surface area contributed by atoms with Crippen molar-refractivity contribution in [3.8, 4) is 5.75 Å². The first-order chi connectivity index (χ1) is 8.65. The number of nitrogens with zero attached hydrogens (tertiary/aromatic N) is 1. The average Bonchev–Trinajstić information content (AvgIpc) is 2.40. The van der Waals surface area contributed by atoms with Gasteiger partial charge in [-0.1, -0.05) is 6.07 Å². The van der Waals surface area contributed by atoms with Gasteiger partial charge in [-0.25, -0.2) is 8.78 Å². The number of benzene rings is 1. The number of alkyl halides is 1. The van der Waals surface area contributed by atoms with E-state index < -0.39 is 18.5 Å². The van der Waals surface area contributed by atoms with Crippen LogP contribution in [0.3, 0.4) is 0 Å². The van der Waals surface area contributed by atoms with Crippen LogP contribution in [-0.4, -0.2) is 42.9 Å². The first kappa shape index (κ1) is 13.2. The molecule has 1 saturated heterocycles. The van der Waals surface area contributed by atoms with Crippen LogP contribution in [-0.2, 0) is 0 Å². The summed E-state index contributed by atoms with van der Waals surface area (Å²) in [6, 6.07) is 2.09. The topological polar surface area (TPSA) is 35.5 Å². The highest BCUT2D eigenvalue weighted by Crippen LogP contribution is 2.34. The molecule has 0 aliphatic carbocycles. The molecule has 0 amide bonds. The molecule has 1 fully saturated rings. The minimum atomic E-state index is -0.702. The molecule has 100 valence electrons. The number of aryl methyl sites for hydroxylation is 1. The quantitative estimate of drug-likeness (QED) is 0.865. The lowest BCUT2D eigenvalue weighted by molar-refractivity contribution is 0.142. The molecule has 2 rings (SSSR count). The number of nitrogens with one attached hydrogen (secondary N) is 1. The fourth-order valence-corrected chi connectivity index (χ4v) is 2.36. The highest BCUT2D eigenvalue weighted by Gasteiger charge is 2.27. The molecule has 1 heterocycles. The Kier molecular flexibility index (Phi) is 4.14. The number of hydrogen-bond donors (Lipinski definition) is 2. The van der Waals surface area contributed by atoms with E-state index in [1.165, 1.54) is 12.1 Å². The van der Waals surface area contributed by atoms with Gasteiger partial charge < -0.3 is 10.4 Å². The van der Waals surface area contributed by atoms with Crippen molar-refractivity contribution in [3.05, 3.63) is 29.1 Å². The van der Waals surface area contributed by atoms with E-state index >= 15 is 0 Å². The van der Waals surface area contributed by atoms with Crippen molar-refractivity contribution in [3.63, 3.8) is 0 Å². The monoisotopic (exact) mass is 256 g/mol. The highest BCUT2D eigenvalue weighted by atomic mass is 19.1. The number of piperazine rings is 1. The molecule has 0 aromatic heterocycles. The van der Waals surface area contributed by atoms with Gasteiger partial charge in [-0.3, -0.25) is 4.90 Å². The van der Waals surface area contributed by atoms with Crippen LogP contribution in [0.15, 0.2) is 12.1 Å². The standard InChI is InChI=1S/C13H18F2N2O/c1-9-2-3-10(15)12(13(9)18)11(8-14)17-6-4-16-5-7-17/h2-3,11,16,18H,4-8H2,1H3/t11-/m1/s1. The molecular formula is C13H18F2N2O. The van der Waals surface area contributed by atoms with Crippen molar-refractivity contribution >= 4 is 0 Å². The van der Waals surface area contributed by atoms with Gasteiger partial charge in [0, 0.05) is 31.7 Å². The summed E-state index contributed by atoms with van der Waals surface area (Å²) >= 11 is 0. The fraction of sp³-hybridized carbons (Fsp3) is 0.538. The first-order valence-corrected chi connectivity index (χ1v) is 6.14. The Bertz CT molecular complexity index is 420. The molecule has 18 heavy (non-hydrogen) atoms. The molecule has 1 aromatic rings. The Labute approximate surface area is 105 Å². The van der Waals surface area contributed by atoms with Gasteiger partial charge in [0.2, 0.25) is 0 Å². The maximum atomic E-state index is 13.9. The Balaban J connectivity index is 2.34. The van der Waals surface area contributed by atoms with Gasteiger partial charge in [-0.05, 0) is 18.6 Å². The zero-order valence-corrected chi connectivity index (χ0v) is 10.4. The lowest BCUT2D eigenvalue weighted by Crippen LogP contribution is -2.45. The molecule has 0 saturated carbocycles. The van der Waals surface area contributed by atoms with Crippen LogP contribution in [0.4, 0.5) is 8.78 Å². The molecule has 5 heteroatoms. The highest BCUT2D eigenvalue weighted by molar-refractivity contribution is 5.42. The first-order valence-electron chi connectivity index (χ1n) is 6.14. The molecule has 0 spiro atoms. The summed E-state index contributed by atoms with van der Waals surface area (Å²) in [4.78, 5) is 1.87. The molecule has 0 bridgehead atoms. The van der Waals surface area contributed by atoms with Crippen molar-refractivity contribution in [1.29, 1.82) is 0 Å². The van der Waals surface area contributed by atoms with Crippen LogP contribution in [0.2, 0.25) is 0 Å². The smallest absolute Gasteiger partial charge is 0.131 e. The van der Waals surface area contributed by atoms with E-state index in [1.807, 2.05) is 4.90 Å². The molecule has 0 unspecified atom stereocenters. The lowest BCUT2D eigenvalue weighted by atomic mass is 10.0. The number of hydrogen-bond acceptors (Lipinski definition) is 3. The second kappa shape index (κ2) is 5.63. The lowest BCUT2D eigenvalue weighted by Gasteiger charge is -2.34. The number of rotatable bonds is 3. The zero-order valence-electron chi connectivity index (χ0n) is 10.4. The Morgan fingerprint density at radius 1 is 1.39 bits per heavy atom. The summed E-state index contributed by atoms with van der Waals surface area (Å²) in [5.41, 5.74) is 0.652. The predicted octanol–water partition coefficient (Wildman–Crippen LogP) is 1.76. The minimum Gasteiger partial charge on any atom is -0.507 e. The maximum absolute atomic E-state index is 13.9.